The van der Waals surface area contributed by atoms with Crippen LogP contribution in [0.4, 0.5) is 0 Å². The second kappa shape index (κ2) is 10.3. The molecule has 0 spiro atoms. The number of amides is 1. The fraction of sp³-hybridized carbons (Fsp3) is 0.444. The molecule has 1 amide bonds. The van der Waals surface area contributed by atoms with E-state index in [1.54, 1.807) is 10.6 Å². The molecule has 34 heavy (non-hydrogen) atoms. The number of benzene rings is 2. The summed E-state index contributed by atoms with van der Waals surface area (Å²) in [4.78, 5) is 30.8. The SMILES string of the molecule is C[C@@H](NC(=O)CSc1nc2ccccc2c(=O)n1C[C@H]1CCCO1)c1ccc2c(c1)CCCC2. The van der Waals surface area contributed by atoms with Crippen molar-refractivity contribution in [3.63, 3.8) is 0 Å². The minimum absolute atomic E-state index is 0.0119. The normalized spacial score (nSPS) is 18.6. The van der Waals surface area contributed by atoms with Crippen LogP contribution in [0.3, 0.4) is 0 Å². The van der Waals surface area contributed by atoms with Gasteiger partial charge in [-0.05, 0) is 74.3 Å². The average molecular weight is 478 g/mol. The van der Waals surface area contributed by atoms with Gasteiger partial charge in [-0.1, -0.05) is 42.1 Å². The van der Waals surface area contributed by atoms with Gasteiger partial charge in [-0.3, -0.25) is 14.2 Å². The van der Waals surface area contributed by atoms with Crippen molar-refractivity contribution in [1.29, 1.82) is 0 Å². The number of hydrogen-bond acceptors (Lipinski definition) is 5. The number of carbonyl (C=O) groups is 1. The molecule has 2 atom stereocenters. The maximum atomic E-state index is 13.2. The van der Waals surface area contributed by atoms with E-state index in [0.717, 1.165) is 37.9 Å². The van der Waals surface area contributed by atoms with Gasteiger partial charge < -0.3 is 10.1 Å². The van der Waals surface area contributed by atoms with Crippen molar-refractivity contribution in [1.82, 2.24) is 14.9 Å². The summed E-state index contributed by atoms with van der Waals surface area (Å²) in [7, 11) is 0. The molecular formula is C27H31N3O3S. The molecule has 3 aromatic rings. The summed E-state index contributed by atoms with van der Waals surface area (Å²) in [6, 6.07) is 13.9. The van der Waals surface area contributed by atoms with E-state index < -0.39 is 0 Å². The summed E-state index contributed by atoms with van der Waals surface area (Å²) in [6.45, 7) is 3.22. The van der Waals surface area contributed by atoms with Crippen molar-refractivity contribution in [2.75, 3.05) is 12.4 Å². The number of aromatic nitrogens is 2. The van der Waals surface area contributed by atoms with Crippen LogP contribution in [0.25, 0.3) is 10.9 Å². The first kappa shape index (κ1) is 23.1. The van der Waals surface area contributed by atoms with Crippen molar-refractivity contribution in [2.45, 2.75) is 69.3 Å². The van der Waals surface area contributed by atoms with Gasteiger partial charge in [-0.15, -0.1) is 0 Å². The molecule has 0 radical (unpaired) electrons. The molecule has 1 aliphatic heterocycles. The van der Waals surface area contributed by atoms with Crippen LogP contribution in [0, 0.1) is 0 Å². The number of nitrogens with zero attached hydrogens (tertiary/aromatic N) is 2. The number of para-hydroxylation sites is 1. The predicted molar refractivity (Wildman–Crippen MR) is 135 cm³/mol. The number of fused-ring (bicyclic) bond motifs is 2. The minimum atomic E-state index is -0.0774. The Balaban J connectivity index is 1.30. The molecular weight excluding hydrogens is 446 g/mol. The molecule has 178 valence electrons. The molecule has 0 saturated carbocycles. The van der Waals surface area contributed by atoms with Crippen LogP contribution in [0.1, 0.15) is 55.3 Å². The zero-order chi connectivity index (χ0) is 23.5. The van der Waals surface area contributed by atoms with Gasteiger partial charge in [0.05, 0.1) is 35.3 Å². The molecule has 2 aromatic carbocycles. The van der Waals surface area contributed by atoms with E-state index >= 15 is 0 Å². The fourth-order valence-electron chi connectivity index (χ4n) is 4.93. The third-order valence-electron chi connectivity index (χ3n) is 6.82. The monoisotopic (exact) mass is 477 g/mol. The van der Waals surface area contributed by atoms with Crippen LogP contribution in [0.2, 0.25) is 0 Å². The number of hydrogen-bond donors (Lipinski definition) is 1. The predicted octanol–water partition coefficient (Wildman–Crippen LogP) is 4.42. The zero-order valence-corrected chi connectivity index (χ0v) is 20.4. The number of ether oxygens (including phenoxy) is 1. The lowest BCUT2D eigenvalue weighted by atomic mass is 9.89. The average Bonchev–Trinajstić information content (AvgIpc) is 3.38. The Hall–Kier alpha value is -2.64. The van der Waals surface area contributed by atoms with E-state index in [1.807, 2.05) is 25.1 Å². The van der Waals surface area contributed by atoms with Crippen LogP contribution in [-0.2, 0) is 28.9 Å². The van der Waals surface area contributed by atoms with Gasteiger partial charge in [0, 0.05) is 6.61 Å². The molecule has 1 aromatic heterocycles. The third kappa shape index (κ3) is 5.05. The van der Waals surface area contributed by atoms with E-state index in [-0.39, 0.29) is 29.4 Å². The molecule has 1 aliphatic carbocycles. The van der Waals surface area contributed by atoms with E-state index in [4.69, 9.17) is 9.72 Å². The van der Waals surface area contributed by atoms with E-state index in [0.29, 0.717) is 22.6 Å². The largest absolute Gasteiger partial charge is 0.376 e. The van der Waals surface area contributed by atoms with Crippen molar-refractivity contribution < 1.29 is 9.53 Å². The van der Waals surface area contributed by atoms with Crippen LogP contribution in [0.15, 0.2) is 52.4 Å². The van der Waals surface area contributed by atoms with E-state index in [9.17, 15) is 9.59 Å². The van der Waals surface area contributed by atoms with Gasteiger partial charge in [-0.2, -0.15) is 0 Å². The van der Waals surface area contributed by atoms with Gasteiger partial charge >= 0.3 is 0 Å². The summed E-state index contributed by atoms with van der Waals surface area (Å²) in [5.41, 5.74) is 4.57. The van der Waals surface area contributed by atoms with Crippen molar-refractivity contribution in [3.05, 3.63) is 69.5 Å². The molecule has 6 nitrogen and oxygen atoms in total. The molecule has 5 rings (SSSR count). The van der Waals surface area contributed by atoms with Crippen LogP contribution < -0.4 is 10.9 Å². The first-order valence-electron chi connectivity index (χ1n) is 12.2. The standard InChI is InChI=1S/C27H31N3O3S/c1-18(20-13-12-19-7-2-3-8-21(19)15-20)28-25(31)17-34-27-29-24-11-5-4-10-23(24)26(32)30(27)16-22-9-6-14-33-22/h4-5,10-13,15,18,22H,2-3,6-9,14,16-17H2,1H3,(H,28,31)/t18-,22-/m1/s1. The number of thioether (sulfide) groups is 1. The summed E-state index contributed by atoms with van der Waals surface area (Å²) in [5.74, 6) is 0.132. The highest BCUT2D eigenvalue weighted by Crippen LogP contribution is 2.25. The zero-order valence-electron chi connectivity index (χ0n) is 19.6. The van der Waals surface area contributed by atoms with Crippen LogP contribution in [-0.4, -0.2) is 33.9 Å². The second-order valence-corrected chi connectivity index (χ2v) is 10.2. The molecule has 1 saturated heterocycles. The summed E-state index contributed by atoms with van der Waals surface area (Å²) in [5, 5.41) is 4.28. The fourth-order valence-corrected chi connectivity index (χ4v) is 5.75. The van der Waals surface area contributed by atoms with Crippen molar-refractivity contribution in [2.24, 2.45) is 0 Å². The van der Waals surface area contributed by atoms with Gasteiger partial charge in [0.15, 0.2) is 5.16 Å². The molecule has 1 N–H and O–H groups in total. The summed E-state index contributed by atoms with van der Waals surface area (Å²) < 4.78 is 7.45. The van der Waals surface area contributed by atoms with Gasteiger partial charge in [0.1, 0.15) is 0 Å². The van der Waals surface area contributed by atoms with Crippen molar-refractivity contribution >= 4 is 28.6 Å². The Bertz CT molecular complexity index is 1250. The summed E-state index contributed by atoms with van der Waals surface area (Å²) >= 11 is 1.31. The molecule has 2 aliphatic rings. The lowest BCUT2D eigenvalue weighted by molar-refractivity contribution is -0.119. The third-order valence-corrected chi connectivity index (χ3v) is 7.80. The minimum Gasteiger partial charge on any atom is -0.376 e. The first-order chi connectivity index (χ1) is 16.6. The van der Waals surface area contributed by atoms with Gasteiger partial charge in [0.2, 0.25) is 5.91 Å². The van der Waals surface area contributed by atoms with Gasteiger partial charge in [0.25, 0.3) is 5.56 Å². The Labute approximate surface area is 204 Å². The quantitative estimate of drug-likeness (QED) is 0.403. The number of aryl methyl sites for hydroxylation is 2. The maximum absolute atomic E-state index is 13.2. The Morgan fingerprint density at radius 1 is 1.18 bits per heavy atom. The maximum Gasteiger partial charge on any atom is 0.262 e. The highest BCUT2D eigenvalue weighted by molar-refractivity contribution is 7.99. The molecule has 0 unspecified atom stereocenters. The van der Waals surface area contributed by atoms with E-state index in [2.05, 4.69) is 23.5 Å². The molecule has 1 fully saturated rings. The topological polar surface area (TPSA) is 73.2 Å². The second-order valence-electron chi connectivity index (χ2n) is 9.28. The lowest BCUT2D eigenvalue weighted by Crippen LogP contribution is -2.31. The Morgan fingerprint density at radius 2 is 2.00 bits per heavy atom. The molecule has 7 heteroatoms. The van der Waals surface area contributed by atoms with E-state index in [1.165, 1.54) is 35.7 Å². The van der Waals surface area contributed by atoms with Crippen LogP contribution >= 0.6 is 11.8 Å². The van der Waals surface area contributed by atoms with Crippen molar-refractivity contribution in [3.8, 4) is 0 Å². The highest BCUT2D eigenvalue weighted by Gasteiger charge is 2.21. The highest BCUT2D eigenvalue weighted by atomic mass is 32.2. The smallest absolute Gasteiger partial charge is 0.262 e. The number of carbonyl (C=O) groups excluding carboxylic acids is 1. The number of rotatable bonds is 7. The Kier molecular flexibility index (Phi) is 7.02. The summed E-state index contributed by atoms with van der Waals surface area (Å²) in [6.07, 6.45) is 6.72. The Morgan fingerprint density at radius 3 is 2.82 bits per heavy atom. The first-order valence-corrected chi connectivity index (χ1v) is 13.2. The van der Waals surface area contributed by atoms with Crippen LogP contribution in [0.5, 0.6) is 0 Å². The molecule has 0 bridgehead atoms. The lowest BCUT2D eigenvalue weighted by Gasteiger charge is -2.20. The molecule has 2 heterocycles. The van der Waals surface area contributed by atoms with Gasteiger partial charge in [-0.25, -0.2) is 4.98 Å². The number of nitrogens with one attached hydrogen (secondary N) is 1.